The number of anilines is 1. The quantitative estimate of drug-likeness (QED) is 0.733. The van der Waals surface area contributed by atoms with Gasteiger partial charge in [-0.3, -0.25) is 0 Å². The first kappa shape index (κ1) is 13.2. The molecule has 0 bridgehead atoms. The molecule has 3 rings (SSSR count). The molecule has 1 heterocycles. The molecule has 0 aromatic heterocycles. The van der Waals surface area contributed by atoms with E-state index < -0.39 is 0 Å². The van der Waals surface area contributed by atoms with Crippen molar-refractivity contribution in [1.82, 2.24) is 0 Å². The highest BCUT2D eigenvalue weighted by atomic mass is 15.1. The number of aryl methyl sites for hydroxylation is 1. The molecule has 1 aromatic rings. The summed E-state index contributed by atoms with van der Waals surface area (Å²) in [5, 5.41) is 0. The minimum Gasteiger partial charge on any atom is -0.342 e. The van der Waals surface area contributed by atoms with Crippen LogP contribution in [0, 0.1) is 6.92 Å². The van der Waals surface area contributed by atoms with Gasteiger partial charge in [0.1, 0.15) is 0 Å². The predicted octanol–water partition coefficient (Wildman–Crippen LogP) is 4.93. The summed E-state index contributed by atoms with van der Waals surface area (Å²) in [6, 6.07) is 6.86. The summed E-state index contributed by atoms with van der Waals surface area (Å²) in [5.74, 6) is 0. The molecule has 0 spiro atoms. The van der Waals surface area contributed by atoms with E-state index in [2.05, 4.69) is 62.1 Å². The minimum atomic E-state index is 1.03. The zero-order valence-electron chi connectivity index (χ0n) is 12.7. The fourth-order valence-corrected chi connectivity index (χ4v) is 3.26. The van der Waals surface area contributed by atoms with Gasteiger partial charge in [0.05, 0.1) is 0 Å². The van der Waals surface area contributed by atoms with E-state index >= 15 is 0 Å². The van der Waals surface area contributed by atoms with E-state index in [1.165, 1.54) is 28.1 Å². The second-order valence-corrected chi connectivity index (χ2v) is 5.71. The van der Waals surface area contributed by atoms with Gasteiger partial charge in [-0.05, 0) is 56.4 Å². The largest absolute Gasteiger partial charge is 0.342 e. The normalized spacial score (nSPS) is 17.6. The van der Waals surface area contributed by atoms with E-state index in [9.17, 15) is 0 Å². The first-order valence-corrected chi connectivity index (χ1v) is 7.69. The van der Waals surface area contributed by atoms with Crippen LogP contribution in [0.25, 0.3) is 0 Å². The van der Waals surface area contributed by atoms with Gasteiger partial charge in [-0.25, -0.2) is 0 Å². The Kier molecular flexibility index (Phi) is 3.52. The molecule has 1 aliphatic carbocycles. The van der Waals surface area contributed by atoms with E-state index in [4.69, 9.17) is 0 Å². The van der Waals surface area contributed by atoms with Crippen LogP contribution in [0.5, 0.6) is 0 Å². The molecule has 0 fully saturated rings. The summed E-state index contributed by atoms with van der Waals surface area (Å²) in [4.78, 5) is 2.47. The van der Waals surface area contributed by atoms with Crippen molar-refractivity contribution >= 4 is 5.69 Å². The summed E-state index contributed by atoms with van der Waals surface area (Å²) >= 11 is 0. The first-order valence-electron chi connectivity index (χ1n) is 7.69. The Morgan fingerprint density at radius 1 is 1.15 bits per heavy atom. The molecule has 0 saturated carbocycles. The number of benzene rings is 1. The van der Waals surface area contributed by atoms with Crippen LogP contribution in [0.4, 0.5) is 5.69 Å². The zero-order chi connectivity index (χ0) is 14.1. The Labute approximate surface area is 122 Å². The third kappa shape index (κ3) is 2.22. The Hall–Kier alpha value is -1.76. The van der Waals surface area contributed by atoms with Gasteiger partial charge in [-0.15, -0.1) is 0 Å². The van der Waals surface area contributed by atoms with Crippen LogP contribution >= 0.6 is 0 Å². The maximum absolute atomic E-state index is 2.47. The number of nitrogens with zero attached hydrogens (tertiary/aromatic N) is 1. The second kappa shape index (κ2) is 5.32. The Bertz CT molecular complexity index is 617. The molecular formula is C19H23N. The van der Waals surface area contributed by atoms with Crippen LogP contribution in [-0.4, -0.2) is 6.54 Å². The molecule has 0 radical (unpaired) electrons. The average Bonchev–Trinajstić information content (AvgIpc) is 2.66. The van der Waals surface area contributed by atoms with Gasteiger partial charge < -0.3 is 4.90 Å². The number of fused-ring (bicyclic) bond motifs is 1. The lowest BCUT2D eigenvalue weighted by atomic mass is 9.92. The van der Waals surface area contributed by atoms with Crippen molar-refractivity contribution in [3.63, 3.8) is 0 Å². The van der Waals surface area contributed by atoms with Gasteiger partial charge in [0.15, 0.2) is 0 Å². The van der Waals surface area contributed by atoms with Crippen LogP contribution in [0.15, 0.2) is 53.3 Å². The third-order valence-corrected chi connectivity index (χ3v) is 4.37. The lowest BCUT2D eigenvalue weighted by Gasteiger charge is -2.33. The number of allylic oxidation sites excluding steroid dienone is 5. The molecule has 1 aliphatic heterocycles. The van der Waals surface area contributed by atoms with Gasteiger partial charge in [0.25, 0.3) is 0 Å². The number of hydrogen-bond acceptors (Lipinski definition) is 1. The average molecular weight is 265 g/mol. The lowest BCUT2D eigenvalue weighted by molar-refractivity contribution is 0.883. The summed E-state index contributed by atoms with van der Waals surface area (Å²) in [6.07, 6.45) is 10.3. The van der Waals surface area contributed by atoms with Gasteiger partial charge in [-0.2, -0.15) is 0 Å². The Morgan fingerprint density at radius 3 is 2.75 bits per heavy atom. The van der Waals surface area contributed by atoms with Crippen molar-refractivity contribution in [3.8, 4) is 0 Å². The fraction of sp³-hybridized carbons (Fsp3) is 0.368. The van der Waals surface area contributed by atoms with Crippen molar-refractivity contribution in [2.45, 2.75) is 40.0 Å². The van der Waals surface area contributed by atoms with Gasteiger partial charge in [-0.1, -0.05) is 42.3 Å². The highest BCUT2D eigenvalue weighted by Gasteiger charge is 2.23. The third-order valence-electron chi connectivity index (χ3n) is 4.37. The number of likely N-dealkylation sites (N-methyl/N-ethyl adjacent to an activating group) is 1. The summed E-state index contributed by atoms with van der Waals surface area (Å²) in [5.41, 5.74) is 8.66. The van der Waals surface area contributed by atoms with E-state index in [1.54, 1.807) is 5.57 Å². The molecular weight excluding hydrogens is 242 g/mol. The Balaban J connectivity index is 2.05. The molecule has 0 saturated heterocycles. The van der Waals surface area contributed by atoms with E-state index in [0.717, 1.165) is 25.8 Å². The van der Waals surface area contributed by atoms with Gasteiger partial charge >= 0.3 is 0 Å². The monoisotopic (exact) mass is 265 g/mol. The topological polar surface area (TPSA) is 3.24 Å². The summed E-state index contributed by atoms with van der Waals surface area (Å²) in [7, 11) is 0. The fourth-order valence-electron chi connectivity index (χ4n) is 3.26. The molecule has 1 heteroatoms. The van der Waals surface area contributed by atoms with Crippen molar-refractivity contribution in [1.29, 1.82) is 0 Å². The second-order valence-electron chi connectivity index (χ2n) is 5.71. The highest BCUT2D eigenvalue weighted by Crippen LogP contribution is 2.37. The van der Waals surface area contributed by atoms with Crippen molar-refractivity contribution in [2.24, 2.45) is 0 Å². The molecule has 1 nitrogen and oxygen atoms in total. The number of rotatable bonds is 2. The zero-order valence-corrected chi connectivity index (χ0v) is 12.7. The van der Waals surface area contributed by atoms with E-state index in [-0.39, 0.29) is 0 Å². The smallest absolute Gasteiger partial charge is 0.0446 e. The Morgan fingerprint density at radius 2 is 2.00 bits per heavy atom. The summed E-state index contributed by atoms with van der Waals surface area (Å²) < 4.78 is 0. The van der Waals surface area contributed by atoms with E-state index in [0.29, 0.717) is 0 Å². The number of hydrogen-bond donors (Lipinski definition) is 0. The minimum absolute atomic E-state index is 1.03. The van der Waals surface area contributed by atoms with Crippen molar-refractivity contribution in [2.75, 3.05) is 11.4 Å². The van der Waals surface area contributed by atoms with Crippen molar-refractivity contribution < 1.29 is 0 Å². The van der Waals surface area contributed by atoms with Crippen LogP contribution in [0.1, 0.15) is 37.8 Å². The standard InChI is InChI=1S/C19H23N/c1-4-15-7-9-16-13-17-12-14(3)6-10-19(17)20(5-2)18(16)11-8-15/h6-8,10-12H,4-5,9,13H2,1-3H3. The van der Waals surface area contributed by atoms with Crippen LogP contribution in [-0.2, 0) is 6.42 Å². The van der Waals surface area contributed by atoms with Gasteiger partial charge in [0.2, 0.25) is 0 Å². The maximum Gasteiger partial charge on any atom is 0.0446 e. The first-order chi connectivity index (χ1) is 9.72. The SMILES string of the molecule is CCC1=CCC2=C(C=C1)N(CC)c1ccc(C)cc1C2. The molecule has 0 amide bonds. The van der Waals surface area contributed by atoms with Gasteiger partial charge in [0, 0.05) is 17.9 Å². The molecule has 1 aromatic carbocycles. The molecule has 0 unspecified atom stereocenters. The van der Waals surface area contributed by atoms with Crippen LogP contribution in [0.3, 0.4) is 0 Å². The van der Waals surface area contributed by atoms with E-state index in [1.807, 2.05) is 0 Å². The maximum atomic E-state index is 2.47. The highest BCUT2D eigenvalue weighted by molar-refractivity contribution is 5.66. The molecule has 104 valence electrons. The predicted molar refractivity (Wildman–Crippen MR) is 87.1 cm³/mol. The van der Waals surface area contributed by atoms with Crippen LogP contribution < -0.4 is 4.90 Å². The van der Waals surface area contributed by atoms with Crippen molar-refractivity contribution in [3.05, 3.63) is 64.4 Å². The molecule has 0 atom stereocenters. The lowest BCUT2D eigenvalue weighted by Crippen LogP contribution is -2.27. The molecule has 20 heavy (non-hydrogen) atoms. The molecule has 2 aliphatic rings. The molecule has 0 N–H and O–H groups in total. The van der Waals surface area contributed by atoms with Crippen LogP contribution in [0.2, 0.25) is 0 Å². The summed E-state index contributed by atoms with van der Waals surface area (Å²) in [6.45, 7) is 7.69.